The first-order valence-electron chi connectivity index (χ1n) is 6.81. The van der Waals surface area contributed by atoms with E-state index in [1.165, 1.54) is 5.56 Å². The average molecular weight is 259 g/mol. The predicted octanol–water partition coefficient (Wildman–Crippen LogP) is 1.21. The second-order valence-electron chi connectivity index (χ2n) is 5.68. The third kappa shape index (κ3) is 1.41. The maximum atomic E-state index is 10.1. The van der Waals surface area contributed by atoms with Gasteiger partial charge in [0.25, 0.3) is 0 Å². The van der Waals surface area contributed by atoms with Crippen molar-refractivity contribution in [2.75, 3.05) is 6.54 Å². The van der Waals surface area contributed by atoms with Gasteiger partial charge in [-0.15, -0.1) is 0 Å². The van der Waals surface area contributed by atoms with E-state index in [-0.39, 0.29) is 17.3 Å². The fourth-order valence-electron chi connectivity index (χ4n) is 3.72. The van der Waals surface area contributed by atoms with E-state index in [1.54, 1.807) is 6.07 Å². The number of ether oxygens (including phenoxy) is 1. The van der Waals surface area contributed by atoms with Crippen LogP contribution >= 0.6 is 0 Å². The molecule has 0 radical (unpaired) electrons. The smallest absolute Gasteiger partial charge is 0.165 e. The highest BCUT2D eigenvalue weighted by Gasteiger charge is 2.51. The monoisotopic (exact) mass is 259 g/mol. The highest BCUT2D eigenvalue weighted by Crippen LogP contribution is 2.54. The molecule has 0 aromatic heterocycles. The Bertz CT molecular complexity index is 569. The van der Waals surface area contributed by atoms with E-state index in [0.29, 0.717) is 12.2 Å². The van der Waals surface area contributed by atoms with E-state index in [9.17, 15) is 10.2 Å². The molecule has 2 heterocycles. The van der Waals surface area contributed by atoms with Gasteiger partial charge in [0.05, 0.1) is 11.5 Å². The van der Waals surface area contributed by atoms with Gasteiger partial charge in [-0.2, -0.15) is 0 Å². The Morgan fingerprint density at radius 1 is 1.37 bits per heavy atom. The quantitative estimate of drug-likeness (QED) is 0.613. The second kappa shape index (κ2) is 3.74. The third-order valence-electron chi connectivity index (χ3n) is 4.63. The van der Waals surface area contributed by atoms with Crippen LogP contribution in [0.4, 0.5) is 0 Å². The van der Waals surface area contributed by atoms with Gasteiger partial charge in [0, 0.05) is 18.5 Å². The van der Waals surface area contributed by atoms with Gasteiger partial charge in [0.2, 0.25) is 0 Å². The van der Waals surface area contributed by atoms with Gasteiger partial charge in [-0.1, -0.05) is 18.2 Å². The van der Waals surface area contributed by atoms with Gasteiger partial charge >= 0.3 is 0 Å². The van der Waals surface area contributed by atoms with Crippen LogP contribution in [0.15, 0.2) is 24.3 Å². The van der Waals surface area contributed by atoms with Crippen LogP contribution in [0.2, 0.25) is 0 Å². The number of hydrogen-bond acceptors (Lipinski definition) is 4. The first-order chi connectivity index (χ1) is 9.21. The Morgan fingerprint density at radius 2 is 2.26 bits per heavy atom. The number of rotatable bonds is 0. The van der Waals surface area contributed by atoms with Crippen molar-refractivity contribution in [2.45, 2.75) is 37.0 Å². The lowest BCUT2D eigenvalue weighted by Gasteiger charge is -2.35. The van der Waals surface area contributed by atoms with Crippen LogP contribution in [0, 0.1) is 0 Å². The maximum absolute atomic E-state index is 10.1. The van der Waals surface area contributed by atoms with Crippen LogP contribution in [0.3, 0.4) is 0 Å². The molecule has 2 unspecified atom stereocenters. The summed E-state index contributed by atoms with van der Waals surface area (Å²) >= 11 is 0. The number of aliphatic hydroxyl groups excluding tert-OH is 1. The molecule has 0 saturated carbocycles. The molecule has 1 aromatic rings. The first-order valence-corrected chi connectivity index (χ1v) is 6.81. The second-order valence-corrected chi connectivity index (χ2v) is 5.68. The molecule has 0 amide bonds. The molecule has 1 aliphatic carbocycles. The van der Waals surface area contributed by atoms with Crippen LogP contribution in [0.25, 0.3) is 0 Å². The molecule has 0 fully saturated rings. The summed E-state index contributed by atoms with van der Waals surface area (Å²) in [7, 11) is 0. The van der Waals surface area contributed by atoms with E-state index in [0.717, 1.165) is 25.1 Å². The van der Waals surface area contributed by atoms with Gasteiger partial charge < -0.3 is 20.3 Å². The van der Waals surface area contributed by atoms with Gasteiger partial charge in [0.1, 0.15) is 6.10 Å². The molecule has 0 saturated heterocycles. The number of nitrogens with one attached hydrogen (secondary N) is 1. The van der Waals surface area contributed by atoms with Gasteiger partial charge in [-0.3, -0.25) is 0 Å². The lowest BCUT2D eigenvalue weighted by Crippen LogP contribution is -2.42. The summed E-state index contributed by atoms with van der Waals surface area (Å²) in [5, 5.41) is 23.3. The zero-order chi connectivity index (χ0) is 13.0. The van der Waals surface area contributed by atoms with Crippen molar-refractivity contribution in [1.29, 1.82) is 0 Å². The molecule has 1 spiro atoms. The molecule has 1 aromatic carbocycles. The highest BCUT2D eigenvalue weighted by molar-refractivity contribution is 5.60. The zero-order valence-electron chi connectivity index (χ0n) is 10.6. The highest BCUT2D eigenvalue weighted by atomic mass is 16.5. The summed E-state index contributed by atoms with van der Waals surface area (Å²) in [6.45, 7) is 1.71. The van der Waals surface area contributed by atoms with Crippen molar-refractivity contribution in [3.05, 3.63) is 35.4 Å². The van der Waals surface area contributed by atoms with E-state index >= 15 is 0 Å². The molecule has 3 atom stereocenters. The molecular formula is C15H17NO3. The molecule has 4 rings (SSSR count). The van der Waals surface area contributed by atoms with Crippen LogP contribution in [-0.2, 0) is 12.0 Å². The van der Waals surface area contributed by atoms with Crippen molar-refractivity contribution < 1.29 is 14.9 Å². The Kier molecular flexibility index (Phi) is 2.23. The molecule has 4 nitrogen and oxygen atoms in total. The summed E-state index contributed by atoms with van der Waals surface area (Å²) < 4.78 is 5.99. The minimum atomic E-state index is -0.452. The van der Waals surface area contributed by atoms with Gasteiger partial charge in [0.15, 0.2) is 11.5 Å². The number of aromatic hydroxyl groups is 1. The minimum absolute atomic E-state index is 0.0746. The fourth-order valence-corrected chi connectivity index (χ4v) is 3.72. The third-order valence-corrected chi connectivity index (χ3v) is 4.63. The first kappa shape index (κ1) is 11.3. The fraction of sp³-hybridized carbons (Fsp3) is 0.467. The molecule has 19 heavy (non-hydrogen) atoms. The van der Waals surface area contributed by atoms with Crippen LogP contribution in [-0.4, -0.2) is 29.0 Å². The summed E-state index contributed by atoms with van der Waals surface area (Å²) in [6, 6.07) is 3.67. The minimum Gasteiger partial charge on any atom is -0.504 e. The van der Waals surface area contributed by atoms with Crippen molar-refractivity contribution >= 4 is 0 Å². The zero-order valence-corrected chi connectivity index (χ0v) is 10.6. The predicted molar refractivity (Wildman–Crippen MR) is 70.3 cm³/mol. The molecule has 3 N–H and O–H groups in total. The van der Waals surface area contributed by atoms with Crippen LogP contribution in [0.1, 0.15) is 24.0 Å². The number of phenols is 1. The Balaban J connectivity index is 1.98. The van der Waals surface area contributed by atoms with Crippen LogP contribution in [0.5, 0.6) is 11.5 Å². The average Bonchev–Trinajstić information content (AvgIpc) is 2.61. The number of aliphatic hydroxyl groups is 1. The SMILES string of the molecule is Oc1ccc2c3c1OC1C[C@@H](O)C=CC31CCNC2. The maximum Gasteiger partial charge on any atom is 0.165 e. The molecule has 100 valence electrons. The number of phenolic OH excluding ortho intramolecular Hbond substituents is 1. The standard InChI is InChI=1S/C15H17NO3/c17-10-3-4-15-5-6-16-8-9-1-2-11(18)14(13(9)15)19-12(15)7-10/h1-4,10,12,16-18H,5-8H2/t10-,12?,15?/m0/s1. The van der Waals surface area contributed by atoms with Gasteiger partial charge in [-0.05, 0) is 24.6 Å². The van der Waals surface area contributed by atoms with Gasteiger partial charge in [-0.25, -0.2) is 0 Å². The van der Waals surface area contributed by atoms with Crippen LogP contribution < -0.4 is 10.1 Å². The van der Waals surface area contributed by atoms with Crippen molar-refractivity contribution in [2.24, 2.45) is 0 Å². The Labute approximate surface area is 111 Å². The Hall–Kier alpha value is -1.52. The van der Waals surface area contributed by atoms with Crippen molar-refractivity contribution in [3.63, 3.8) is 0 Å². The molecule has 0 bridgehead atoms. The molecule has 2 aliphatic heterocycles. The van der Waals surface area contributed by atoms with Crippen molar-refractivity contribution in [1.82, 2.24) is 5.32 Å². The summed E-state index contributed by atoms with van der Waals surface area (Å²) in [5.41, 5.74) is 2.12. The van der Waals surface area contributed by atoms with Crippen molar-refractivity contribution in [3.8, 4) is 11.5 Å². The van der Waals surface area contributed by atoms with E-state index in [2.05, 4.69) is 11.4 Å². The normalized spacial score (nSPS) is 35.2. The lowest BCUT2D eigenvalue weighted by molar-refractivity contribution is 0.0852. The molecule has 4 heteroatoms. The topological polar surface area (TPSA) is 61.7 Å². The largest absolute Gasteiger partial charge is 0.504 e. The lowest BCUT2D eigenvalue weighted by atomic mass is 9.69. The summed E-state index contributed by atoms with van der Waals surface area (Å²) in [6.07, 6.45) is 4.96. The number of benzene rings is 1. The van der Waals surface area contributed by atoms with E-state index in [4.69, 9.17) is 4.74 Å². The molecular weight excluding hydrogens is 242 g/mol. The number of hydrogen-bond donors (Lipinski definition) is 3. The van der Waals surface area contributed by atoms with E-state index < -0.39 is 6.10 Å². The summed E-state index contributed by atoms with van der Waals surface area (Å²) in [5.74, 6) is 0.822. The van der Waals surface area contributed by atoms with E-state index in [1.807, 2.05) is 12.1 Å². The summed E-state index contributed by atoms with van der Waals surface area (Å²) in [4.78, 5) is 0. The Morgan fingerprint density at radius 3 is 3.16 bits per heavy atom. The molecule has 3 aliphatic rings.